The van der Waals surface area contributed by atoms with Crippen LogP contribution in [-0.2, 0) is 6.42 Å². The maximum Gasteiger partial charge on any atom is 0.320 e. The third-order valence-electron chi connectivity index (χ3n) is 4.83. The van der Waals surface area contributed by atoms with Crippen molar-refractivity contribution in [2.75, 3.05) is 17.3 Å². The second-order valence-electron chi connectivity index (χ2n) is 6.73. The van der Waals surface area contributed by atoms with E-state index in [1.165, 1.54) is 23.5 Å². The summed E-state index contributed by atoms with van der Waals surface area (Å²) in [5.41, 5.74) is 1.77. The van der Waals surface area contributed by atoms with Gasteiger partial charge in [-0.05, 0) is 38.1 Å². The molecule has 28 heavy (non-hydrogen) atoms. The van der Waals surface area contributed by atoms with Gasteiger partial charge in [0.2, 0.25) is 0 Å². The zero-order valence-corrected chi connectivity index (χ0v) is 16.5. The van der Waals surface area contributed by atoms with Crippen LogP contribution in [0.25, 0.3) is 11.3 Å². The fraction of sp³-hybridized carbons (Fsp3) is 0.316. The molecule has 9 heteroatoms. The predicted octanol–water partition coefficient (Wildman–Crippen LogP) is 4.20. The van der Waals surface area contributed by atoms with Gasteiger partial charge in [0, 0.05) is 31.1 Å². The Kier molecular flexibility index (Phi) is 4.76. The number of carbonyl (C=O) groups excluding carboxylic acids is 1. The Bertz CT molecular complexity index is 1000. The zero-order chi connectivity index (χ0) is 19.8. The van der Waals surface area contributed by atoms with Crippen LogP contribution in [0.5, 0.6) is 0 Å². The van der Waals surface area contributed by atoms with Crippen molar-refractivity contribution in [2.24, 2.45) is 0 Å². The molecule has 0 aliphatic carbocycles. The second-order valence-corrected chi connectivity index (χ2v) is 7.76. The normalized spacial score (nSPS) is 18.6. The van der Waals surface area contributed by atoms with E-state index in [1.54, 1.807) is 19.2 Å². The first-order chi connectivity index (χ1) is 13.5. The lowest BCUT2D eigenvalue weighted by atomic mass is 10.00. The minimum Gasteiger partial charge on any atom is -0.354 e. The summed E-state index contributed by atoms with van der Waals surface area (Å²) >= 11 is 1.47. The minimum absolute atomic E-state index is 0.0302. The van der Waals surface area contributed by atoms with Gasteiger partial charge in [0.25, 0.3) is 0 Å². The van der Waals surface area contributed by atoms with Gasteiger partial charge in [-0.1, -0.05) is 16.5 Å². The van der Waals surface area contributed by atoms with E-state index in [2.05, 4.69) is 39.5 Å². The lowest BCUT2D eigenvalue weighted by Crippen LogP contribution is -2.40. The summed E-state index contributed by atoms with van der Waals surface area (Å²) in [5, 5.41) is 10.1. The molecule has 1 aromatic carbocycles. The van der Waals surface area contributed by atoms with Gasteiger partial charge in [-0.25, -0.2) is 14.2 Å². The summed E-state index contributed by atoms with van der Waals surface area (Å²) in [6, 6.07) is 7.90. The number of fused-ring (bicyclic) bond motifs is 1. The lowest BCUT2D eigenvalue weighted by molar-refractivity contribution is 0.254. The van der Waals surface area contributed by atoms with Gasteiger partial charge in [-0.2, -0.15) is 0 Å². The number of hydrogen-bond acceptors (Lipinski definition) is 6. The molecule has 1 aliphatic heterocycles. The molecule has 2 unspecified atom stereocenters. The molecule has 3 aromatic rings. The van der Waals surface area contributed by atoms with Crippen LogP contribution in [-0.4, -0.2) is 29.3 Å². The van der Waals surface area contributed by atoms with Crippen LogP contribution in [0.2, 0.25) is 0 Å². The van der Waals surface area contributed by atoms with Crippen molar-refractivity contribution in [3.05, 3.63) is 46.7 Å². The molecule has 2 atom stereocenters. The van der Waals surface area contributed by atoms with E-state index in [0.29, 0.717) is 10.9 Å². The van der Waals surface area contributed by atoms with Crippen molar-refractivity contribution in [1.82, 2.24) is 15.5 Å². The van der Waals surface area contributed by atoms with E-state index in [4.69, 9.17) is 4.52 Å². The number of halogens is 1. The highest BCUT2D eigenvalue weighted by Crippen LogP contribution is 2.41. The molecular weight excluding hydrogens is 381 g/mol. The van der Waals surface area contributed by atoms with Crippen molar-refractivity contribution < 1.29 is 13.7 Å². The van der Waals surface area contributed by atoms with Crippen LogP contribution < -0.4 is 15.5 Å². The molecule has 0 spiro atoms. The van der Waals surface area contributed by atoms with Gasteiger partial charge in [-0.15, -0.1) is 0 Å². The SMILES string of the molecule is CNC(=O)Nc1nc2c(s1)C(C)N(c1cc(-c3ccc(F)cc3)on1)C(C)C2. The number of nitrogens with zero attached hydrogens (tertiary/aromatic N) is 3. The Labute approximate surface area is 165 Å². The van der Waals surface area contributed by atoms with E-state index in [-0.39, 0.29) is 23.9 Å². The predicted molar refractivity (Wildman–Crippen MR) is 106 cm³/mol. The largest absolute Gasteiger partial charge is 0.354 e. The first kappa shape index (κ1) is 18.4. The number of carbonyl (C=O) groups is 1. The van der Waals surface area contributed by atoms with Crippen LogP contribution >= 0.6 is 11.3 Å². The van der Waals surface area contributed by atoms with Crippen LogP contribution in [0.15, 0.2) is 34.9 Å². The first-order valence-electron chi connectivity index (χ1n) is 8.95. The molecule has 0 saturated carbocycles. The molecule has 0 bridgehead atoms. The van der Waals surface area contributed by atoms with Gasteiger partial charge in [-0.3, -0.25) is 5.32 Å². The molecule has 0 saturated heterocycles. The summed E-state index contributed by atoms with van der Waals surface area (Å²) in [7, 11) is 1.57. The Hall–Kier alpha value is -2.94. The number of thiazole rings is 1. The van der Waals surface area contributed by atoms with Gasteiger partial charge >= 0.3 is 6.03 Å². The van der Waals surface area contributed by atoms with E-state index >= 15 is 0 Å². The zero-order valence-electron chi connectivity index (χ0n) is 15.7. The molecule has 0 radical (unpaired) electrons. The average molecular weight is 401 g/mol. The maximum absolute atomic E-state index is 13.2. The van der Waals surface area contributed by atoms with E-state index < -0.39 is 0 Å². The fourth-order valence-corrected chi connectivity index (χ4v) is 4.54. The fourth-order valence-electron chi connectivity index (χ4n) is 3.50. The summed E-state index contributed by atoms with van der Waals surface area (Å²) < 4.78 is 18.7. The highest BCUT2D eigenvalue weighted by molar-refractivity contribution is 7.16. The summed E-state index contributed by atoms with van der Waals surface area (Å²) in [4.78, 5) is 19.4. The van der Waals surface area contributed by atoms with Crippen LogP contribution in [0.4, 0.5) is 20.1 Å². The molecule has 2 amide bonds. The minimum atomic E-state index is -0.291. The van der Waals surface area contributed by atoms with Crippen molar-refractivity contribution in [2.45, 2.75) is 32.4 Å². The molecule has 3 heterocycles. The summed E-state index contributed by atoms with van der Waals surface area (Å²) in [6.45, 7) is 4.19. The summed E-state index contributed by atoms with van der Waals surface area (Å²) in [5.74, 6) is 1.02. The molecule has 1 aliphatic rings. The smallest absolute Gasteiger partial charge is 0.320 e. The summed E-state index contributed by atoms with van der Waals surface area (Å²) in [6.07, 6.45) is 0.740. The number of aromatic nitrogens is 2. The lowest BCUT2D eigenvalue weighted by Gasteiger charge is -2.37. The average Bonchev–Trinajstić information content (AvgIpc) is 3.29. The van der Waals surface area contributed by atoms with Crippen molar-refractivity contribution in [3.8, 4) is 11.3 Å². The van der Waals surface area contributed by atoms with Crippen molar-refractivity contribution in [1.29, 1.82) is 0 Å². The number of rotatable bonds is 3. The van der Waals surface area contributed by atoms with E-state index in [9.17, 15) is 9.18 Å². The molecule has 0 fully saturated rings. The molecular formula is C19H20FN5O2S. The standard InChI is InChI=1S/C19H20FN5O2S/c1-10-8-14-17(28-19(22-14)23-18(26)21-3)11(2)25(10)16-9-15(27-24-16)12-4-6-13(20)7-5-12/h4-7,9-11H,8H2,1-3H3,(H2,21,22,23,26). The maximum atomic E-state index is 13.2. The number of benzene rings is 1. The monoisotopic (exact) mass is 401 g/mol. The highest BCUT2D eigenvalue weighted by atomic mass is 32.1. The molecule has 7 nitrogen and oxygen atoms in total. The van der Waals surface area contributed by atoms with Gasteiger partial charge < -0.3 is 14.7 Å². The Morgan fingerprint density at radius 1 is 1.32 bits per heavy atom. The second kappa shape index (κ2) is 7.23. The van der Waals surface area contributed by atoms with E-state index in [0.717, 1.165) is 28.4 Å². The number of hydrogen-bond donors (Lipinski definition) is 2. The number of anilines is 2. The van der Waals surface area contributed by atoms with E-state index in [1.807, 2.05) is 6.07 Å². The highest BCUT2D eigenvalue weighted by Gasteiger charge is 2.34. The Morgan fingerprint density at radius 3 is 2.79 bits per heavy atom. The van der Waals surface area contributed by atoms with Crippen LogP contribution in [0.1, 0.15) is 30.5 Å². The third kappa shape index (κ3) is 3.33. The third-order valence-corrected chi connectivity index (χ3v) is 6.01. The van der Waals surface area contributed by atoms with Crippen LogP contribution in [0.3, 0.4) is 0 Å². The van der Waals surface area contributed by atoms with Crippen LogP contribution in [0, 0.1) is 5.82 Å². The quantitative estimate of drug-likeness (QED) is 0.687. The number of urea groups is 1. The number of amides is 2. The van der Waals surface area contributed by atoms with Crippen molar-refractivity contribution >= 4 is 28.3 Å². The Balaban J connectivity index is 1.61. The molecule has 2 aromatic heterocycles. The molecule has 146 valence electrons. The Morgan fingerprint density at radius 2 is 2.07 bits per heavy atom. The first-order valence-corrected chi connectivity index (χ1v) is 9.77. The topological polar surface area (TPSA) is 83.3 Å². The van der Waals surface area contributed by atoms with Gasteiger partial charge in [0.05, 0.1) is 16.6 Å². The molecule has 2 N–H and O–H groups in total. The van der Waals surface area contributed by atoms with Crippen molar-refractivity contribution in [3.63, 3.8) is 0 Å². The van der Waals surface area contributed by atoms with Gasteiger partial charge in [0.1, 0.15) is 5.82 Å². The van der Waals surface area contributed by atoms with Gasteiger partial charge in [0.15, 0.2) is 16.7 Å². The molecule has 4 rings (SSSR count). The number of nitrogens with one attached hydrogen (secondary N) is 2.